The molecule has 0 fully saturated rings. The van der Waals surface area contributed by atoms with Crippen LogP contribution in [0.5, 0.6) is 0 Å². The highest BCUT2D eigenvalue weighted by Gasteiger charge is 2.05. The number of hydrogen-bond acceptors (Lipinski definition) is 4. The van der Waals surface area contributed by atoms with Crippen molar-refractivity contribution in [2.75, 3.05) is 11.9 Å². The van der Waals surface area contributed by atoms with Gasteiger partial charge in [-0.2, -0.15) is 10.4 Å². The summed E-state index contributed by atoms with van der Waals surface area (Å²) in [5, 5.41) is 21.2. The van der Waals surface area contributed by atoms with Crippen molar-refractivity contribution in [1.82, 2.24) is 15.2 Å². The van der Waals surface area contributed by atoms with Gasteiger partial charge in [0.1, 0.15) is 12.2 Å². The molecule has 20 heavy (non-hydrogen) atoms. The van der Waals surface area contributed by atoms with Crippen LogP contribution >= 0.6 is 0 Å². The number of rotatable bonds is 4. The Morgan fingerprint density at radius 3 is 2.75 bits per heavy atom. The van der Waals surface area contributed by atoms with Gasteiger partial charge in [0.05, 0.1) is 11.6 Å². The van der Waals surface area contributed by atoms with E-state index in [2.05, 4.69) is 26.6 Å². The Balaban J connectivity index is 1.83. The van der Waals surface area contributed by atoms with E-state index < -0.39 is 0 Å². The van der Waals surface area contributed by atoms with Crippen LogP contribution in [0.15, 0.2) is 42.7 Å². The molecule has 5 heteroatoms. The van der Waals surface area contributed by atoms with E-state index >= 15 is 0 Å². The van der Waals surface area contributed by atoms with Crippen LogP contribution in [0.25, 0.3) is 10.8 Å². The molecule has 0 saturated heterocycles. The fraction of sp³-hybridized carbons (Fsp3) is 0.133. The minimum atomic E-state index is 0.696. The fourth-order valence-electron chi connectivity index (χ4n) is 2.22. The van der Waals surface area contributed by atoms with Crippen molar-refractivity contribution in [2.24, 2.45) is 0 Å². The van der Waals surface area contributed by atoms with Gasteiger partial charge in [-0.25, -0.2) is 4.98 Å². The molecule has 0 amide bonds. The first kappa shape index (κ1) is 12.2. The van der Waals surface area contributed by atoms with Crippen LogP contribution in [-0.2, 0) is 6.42 Å². The second-order valence-corrected chi connectivity index (χ2v) is 4.43. The van der Waals surface area contributed by atoms with Crippen molar-refractivity contribution in [3.05, 3.63) is 54.1 Å². The number of nitrogens with one attached hydrogen (secondary N) is 2. The van der Waals surface area contributed by atoms with Crippen LogP contribution in [0.4, 0.5) is 5.69 Å². The number of H-pyrrole nitrogens is 1. The number of nitriles is 1. The summed E-state index contributed by atoms with van der Waals surface area (Å²) < 4.78 is 0. The number of aromatic nitrogens is 3. The summed E-state index contributed by atoms with van der Waals surface area (Å²) in [5.74, 6) is 0.857. The van der Waals surface area contributed by atoms with E-state index in [4.69, 9.17) is 5.26 Å². The Hall–Kier alpha value is -2.87. The normalized spacial score (nSPS) is 10.3. The molecule has 0 aliphatic heterocycles. The molecule has 0 radical (unpaired) electrons. The summed E-state index contributed by atoms with van der Waals surface area (Å²) in [5.41, 5.74) is 1.72. The Labute approximate surface area is 116 Å². The maximum absolute atomic E-state index is 9.14. The first-order valence-corrected chi connectivity index (χ1v) is 6.38. The lowest BCUT2D eigenvalue weighted by Crippen LogP contribution is -2.06. The molecule has 3 aromatic rings. The number of nitrogens with zero attached hydrogens (tertiary/aromatic N) is 3. The maximum atomic E-state index is 9.14. The van der Waals surface area contributed by atoms with Gasteiger partial charge in [-0.3, -0.25) is 5.10 Å². The molecule has 1 heterocycles. The van der Waals surface area contributed by atoms with E-state index in [1.807, 2.05) is 36.4 Å². The van der Waals surface area contributed by atoms with Gasteiger partial charge in [0, 0.05) is 29.4 Å². The van der Waals surface area contributed by atoms with Gasteiger partial charge in [0.15, 0.2) is 0 Å². The number of hydrogen-bond donors (Lipinski definition) is 2. The molecule has 98 valence electrons. The van der Waals surface area contributed by atoms with E-state index in [0.717, 1.165) is 35.2 Å². The standard InChI is InChI=1S/C15H13N5/c16-9-11-5-6-14(13-4-2-1-3-12(11)13)17-8-7-15-18-10-19-20-15/h1-6,10,17H,7-8H2,(H,18,19,20). The maximum Gasteiger partial charge on any atom is 0.137 e. The van der Waals surface area contributed by atoms with E-state index in [9.17, 15) is 0 Å². The van der Waals surface area contributed by atoms with Crippen LogP contribution in [0, 0.1) is 11.3 Å². The number of anilines is 1. The van der Waals surface area contributed by atoms with Crippen LogP contribution in [-0.4, -0.2) is 21.7 Å². The van der Waals surface area contributed by atoms with Crippen LogP contribution in [0.1, 0.15) is 11.4 Å². The molecular formula is C15H13N5. The lowest BCUT2D eigenvalue weighted by atomic mass is 10.0. The van der Waals surface area contributed by atoms with Crippen molar-refractivity contribution in [3.63, 3.8) is 0 Å². The third-order valence-corrected chi connectivity index (χ3v) is 3.19. The predicted octanol–water partition coefficient (Wildman–Crippen LogP) is 2.48. The fourth-order valence-corrected chi connectivity index (χ4v) is 2.22. The Morgan fingerprint density at radius 2 is 2.00 bits per heavy atom. The molecule has 1 aromatic heterocycles. The predicted molar refractivity (Wildman–Crippen MR) is 77.2 cm³/mol. The minimum Gasteiger partial charge on any atom is -0.384 e. The lowest BCUT2D eigenvalue weighted by Gasteiger charge is -2.10. The highest BCUT2D eigenvalue weighted by molar-refractivity contribution is 5.97. The van der Waals surface area contributed by atoms with Gasteiger partial charge in [-0.1, -0.05) is 24.3 Å². The van der Waals surface area contributed by atoms with Gasteiger partial charge in [0.25, 0.3) is 0 Å². The molecule has 0 aliphatic carbocycles. The van der Waals surface area contributed by atoms with Gasteiger partial charge >= 0.3 is 0 Å². The number of fused-ring (bicyclic) bond motifs is 1. The first-order valence-electron chi connectivity index (χ1n) is 6.38. The zero-order valence-electron chi connectivity index (χ0n) is 10.8. The minimum absolute atomic E-state index is 0.696. The summed E-state index contributed by atoms with van der Waals surface area (Å²) >= 11 is 0. The first-order chi connectivity index (χ1) is 9.88. The van der Waals surface area contributed by atoms with Gasteiger partial charge in [-0.05, 0) is 12.1 Å². The highest BCUT2D eigenvalue weighted by atomic mass is 15.2. The summed E-state index contributed by atoms with van der Waals surface area (Å²) in [6.45, 7) is 0.755. The van der Waals surface area contributed by atoms with Crippen molar-refractivity contribution in [3.8, 4) is 6.07 Å². The van der Waals surface area contributed by atoms with Crippen molar-refractivity contribution >= 4 is 16.5 Å². The zero-order chi connectivity index (χ0) is 13.8. The average molecular weight is 263 g/mol. The van der Waals surface area contributed by atoms with Gasteiger partial charge in [0.2, 0.25) is 0 Å². The Kier molecular flexibility index (Phi) is 3.29. The molecular weight excluding hydrogens is 250 g/mol. The quantitative estimate of drug-likeness (QED) is 0.758. The molecule has 0 saturated carbocycles. The molecule has 2 aromatic carbocycles. The molecule has 0 unspecified atom stereocenters. The SMILES string of the molecule is N#Cc1ccc(NCCc2ncn[nH]2)c2ccccc12. The second kappa shape index (κ2) is 5.41. The van der Waals surface area contributed by atoms with Crippen molar-refractivity contribution in [2.45, 2.75) is 6.42 Å². The van der Waals surface area contributed by atoms with Crippen LogP contribution in [0.2, 0.25) is 0 Å². The molecule has 2 N–H and O–H groups in total. The van der Waals surface area contributed by atoms with Crippen molar-refractivity contribution in [1.29, 1.82) is 5.26 Å². The smallest absolute Gasteiger partial charge is 0.137 e. The van der Waals surface area contributed by atoms with Crippen LogP contribution in [0.3, 0.4) is 0 Å². The average Bonchev–Trinajstić information content (AvgIpc) is 3.01. The molecule has 0 bridgehead atoms. The summed E-state index contributed by atoms with van der Waals surface area (Å²) in [6, 6.07) is 13.9. The molecule has 0 spiro atoms. The molecule has 0 atom stereocenters. The van der Waals surface area contributed by atoms with E-state index in [-0.39, 0.29) is 0 Å². The third kappa shape index (κ3) is 2.31. The topological polar surface area (TPSA) is 77.4 Å². The number of benzene rings is 2. The third-order valence-electron chi connectivity index (χ3n) is 3.19. The van der Waals surface area contributed by atoms with E-state index in [1.165, 1.54) is 6.33 Å². The van der Waals surface area contributed by atoms with Crippen molar-refractivity contribution < 1.29 is 0 Å². The molecule has 3 rings (SSSR count). The summed E-state index contributed by atoms with van der Waals surface area (Å²) in [4.78, 5) is 4.09. The summed E-state index contributed by atoms with van der Waals surface area (Å²) in [6.07, 6.45) is 2.28. The molecule has 5 nitrogen and oxygen atoms in total. The molecule has 0 aliphatic rings. The Morgan fingerprint density at radius 1 is 1.15 bits per heavy atom. The largest absolute Gasteiger partial charge is 0.384 e. The van der Waals surface area contributed by atoms with E-state index in [0.29, 0.717) is 5.56 Å². The Bertz CT molecular complexity index is 756. The van der Waals surface area contributed by atoms with Crippen LogP contribution < -0.4 is 5.32 Å². The van der Waals surface area contributed by atoms with Gasteiger partial charge in [-0.15, -0.1) is 0 Å². The second-order valence-electron chi connectivity index (χ2n) is 4.43. The van der Waals surface area contributed by atoms with E-state index in [1.54, 1.807) is 0 Å². The lowest BCUT2D eigenvalue weighted by molar-refractivity contribution is 0.902. The van der Waals surface area contributed by atoms with Gasteiger partial charge < -0.3 is 5.32 Å². The summed E-state index contributed by atoms with van der Waals surface area (Å²) in [7, 11) is 0. The monoisotopic (exact) mass is 263 g/mol. The number of aromatic amines is 1. The highest BCUT2D eigenvalue weighted by Crippen LogP contribution is 2.26. The zero-order valence-corrected chi connectivity index (χ0v) is 10.8.